The third kappa shape index (κ3) is 5.93. The van der Waals surface area contributed by atoms with E-state index in [2.05, 4.69) is 21.8 Å². The van der Waals surface area contributed by atoms with E-state index in [1.165, 1.54) is 6.20 Å². The Bertz CT molecular complexity index is 694. The number of halogens is 1. The fourth-order valence-electron chi connectivity index (χ4n) is 4.14. The van der Waals surface area contributed by atoms with E-state index in [0.29, 0.717) is 36.5 Å². The fraction of sp³-hybridized carbons (Fsp3) is 0.750. The van der Waals surface area contributed by atoms with Gasteiger partial charge in [-0.05, 0) is 26.8 Å². The SMILES string of the molecule is CCOC(=O)Cn1c(Cl)cnc1CCC(=O)N1CCC(N2CCN(C)CC2)CC1. The van der Waals surface area contributed by atoms with Crippen LogP contribution in [0, 0.1) is 0 Å². The lowest BCUT2D eigenvalue weighted by Gasteiger charge is -2.42. The lowest BCUT2D eigenvalue weighted by atomic mass is 10.0. The normalized spacial score (nSPS) is 19.5. The molecule has 0 aromatic carbocycles. The number of aromatic nitrogens is 2. The summed E-state index contributed by atoms with van der Waals surface area (Å²) < 4.78 is 6.60. The number of likely N-dealkylation sites (tertiary alicyclic amines) is 1. The quantitative estimate of drug-likeness (QED) is 0.613. The molecular formula is C20H32ClN5O3. The molecular weight excluding hydrogens is 394 g/mol. The minimum absolute atomic E-state index is 0.0205. The number of hydrogen-bond acceptors (Lipinski definition) is 6. The maximum absolute atomic E-state index is 12.7. The van der Waals surface area contributed by atoms with Crippen LogP contribution in [0.25, 0.3) is 0 Å². The molecule has 2 aliphatic heterocycles. The van der Waals surface area contributed by atoms with Gasteiger partial charge in [0, 0.05) is 58.2 Å². The Labute approximate surface area is 177 Å². The van der Waals surface area contributed by atoms with Crippen molar-refractivity contribution in [1.82, 2.24) is 24.3 Å². The number of rotatable bonds is 7. The van der Waals surface area contributed by atoms with Crippen LogP contribution in [0.1, 0.15) is 32.0 Å². The van der Waals surface area contributed by atoms with Gasteiger partial charge >= 0.3 is 5.97 Å². The number of esters is 1. The molecule has 0 atom stereocenters. The predicted octanol–water partition coefficient (Wildman–Crippen LogP) is 1.27. The first-order valence-electron chi connectivity index (χ1n) is 10.5. The summed E-state index contributed by atoms with van der Waals surface area (Å²) >= 11 is 6.14. The number of likely N-dealkylation sites (N-methyl/N-ethyl adjacent to an activating group) is 1. The minimum atomic E-state index is -0.356. The Morgan fingerprint density at radius 2 is 1.86 bits per heavy atom. The Hall–Kier alpha value is -1.64. The van der Waals surface area contributed by atoms with E-state index >= 15 is 0 Å². The van der Waals surface area contributed by atoms with Gasteiger partial charge in [0.2, 0.25) is 5.91 Å². The molecule has 29 heavy (non-hydrogen) atoms. The van der Waals surface area contributed by atoms with E-state index in [-0.39, 0.29) is 18.4 Å². The molecule has 9 heteroatoms. The second kappa shape index (κ2) is 10.4. The van der Waals surface area contributed by atoms with Crippen molar-refractivity contribution in [2.45, 2.75) is 45.2 Å². The monoisotopic (exact) mass is 425 g/mol. The number of carbonyl (C=O) groups is 2. The largest absolute Gasteiger partial charge is 0.465 e. The smallest absolute Gasteiger partial charge is 0.326 e. The van der Waals surface area contributed by atoms with Gasteiger partial charge in [0.1, 0.15) is 17.5 Å². The zero-order valence-electron chi connectivity index (χ0n) is 17.5. The Balaban J connectivity index is 1.45. The molecule has 0 spiro atoms. The van der Waals surface area contributed by atoms with Gasteiger partial charge in [-0.3, -0.25) is 14.5 Å². The average molecular weight is 426 g/mol. The first kappa shape index (κ1) is 22.1. The number of hydrogen-bond donors (Lipinski definition) is 0. The van der Waals surface area contributed by atoms with Crippen molar-refractivity contribution in [3.8, 4) is 0 Å². The summed E-state index contributed by atoms with van der Waals surface area (Å²) in [6, 6.07) is 0.593. The summed E-state index contributed by atoms with van der Waals surface area (Å²) in [4.78, 5) is 35.6. The summed E-state index contributed by atoms with van der Waals surface area (Å²) in [5.74, 6) is 0.429. The second-order valence-electron chi connectivity index (χ2n) is 7.84. The summed E-state index contributed by atoms with van der Waals surface area (Å²) in [6.45, 7) is 8.23. The molecule has 1 amide bonds. The summed E-state index contributed by atoms with van der Waals surface area (Å²) in [6.07, 6.45) is 4.43. The minimum Gasteiger partial charge on any atom is -0.465 e. The van der Waals surface area contributed by atoms with Crippen molar-refractivity contribution in [3.05, 3.63) is 17.2 Å². The molecule has 0 radical (unpaired) electrons. The van der Waals surface area contributed by atoms with Crippen LogP contribution in [0.15, 0.2) is 6.20 Å². The van der Waals surface area contributed by atoms with Gasteiger partial charge in [-0.25, -0.2) is 4.98 Å². The molecule has 0 N–H and O–H groups in total. The maximum Gasteiger partial charge on any atom is 0.326 e. The molecule has 0 unspecified atom stereocenters. The van der Waals surface area contributed by atoms with Gasteiger partial charge in [-0.1, -0.05) is 11.6 Å². The van der Waals surface area contributed by atoms with Crippen LogP contribution < -0.4 is 0 Å². The zero-order valence-corrected chi connectivity index (χ0v) is 18.2. The summed E-state index contributed by atoms with van der Waals surface area (Å²) in [5, 5.41) is 0.383. The molecule has 1 aromatic heterocycles. The van der Waals surface area contributed by atoms with Crippen LogP contribution in [0.5, 0.6) is 0 Å². The fourth-order valence-corrected chi connectivity index (χ4v) is 4.34. The average Bonchev–Trinajstić information content (AvgIpc) is 3.06. The van der Waals surface area contributed by atoms with E-state index in [4.69, 9.17) is 16.3 Å². The van der Waals surface area contributed by atoms with Gasteiger partial charge in [0.15, 0.2) is 0 Å². The molecule has 8 nitrogen and oxygen atoms in total. The maximum atomic E-state index is 12.7. The second-order valence-corrected chi connectivity index (χ2v) is 8.23. The topological polar surface area (TPSA) is 70.9 Å². The number of ether oxygens (including phenoxy) is 1. The lowest BCUT2D eigenvalue weighted by Crippen LogP contribution is -2.53. The third-order valence-electron chi connectivity index (χ3n) is 5.92. The van der Waals surface area contributed by atoms with Gasteiger partial charge in [-0.15, -0.1) is 0 Å². The van der Waals surface area contributed by atoms with E-state index in [9.17, 15) is 9.59 Å². The summed E-state index contributed by atoms with van der Waals surface area (Å²) in [7, 11) is 2.17. The number of amides is 1. The molecule has 0 aliphatic carbocycles. The predicted molar refractivity (Wildman–Crippen MR) is 111 cm³/mol. The molecule has 0 saturated carbocycles. The van der Waals surface area contributed by atoms with Crippen molar-refractivity contribution in [1.29, 1.82) is 0 Å². The van der Waals surface area contributed by atoms with E-state index in [1.807, 2.05) is 4.90 Å². The van der Waals surface area contributed by atoms with Gasteiger partial charge in [-0.2, -0.15) is 0 Å². The molecule has 1 aromatic rings. The van der Waals surface area contributed by atoms with Crippen LogP contribution >= 0.6 is 11.6 Å². The molecule has 2 fully saturated rings. The van der Waals surface area contributed by atoms with Crippen LogP contribution in [0.4, 0.5) is 0 Å². The first-order chi connectivity index (χ1) is 14.0. The van der Waals surface area contributed by atoms with Crippen LogP contribution in [0.2, 0.25) is 5.15 Å². The van der Waals surface area contributed by atoms with Gasteiger partial charge in [0.05, 0.1) is 12.8 Å². The Morgan fingerprint density at radius 3 is 2.52 bits per heavy atom. The molecule has 0 bridgehead atoms. The number of nitrogens with zero attached hydrogens (tertiary/aromatic N) is 5. The molecule has 2 aliphatic rings. The van der Waals surface area contributed by atoms with E-state index in [1.54, 1.807) is 11.5 Å². The first-order valence-corrected chi connectivity index (χ1v) is 10.9. The van der Waals surface area contributed by atoms with E-state index in [0.717, 1.165) is 52.1 Å². The molecule has 3 rings (SSSR count). The number of imidazole rings is 1. The van der Waals surface area contributed by atoms with Gasteiger partial charge in [0.25, 0.3) is 0 Å². The van der Waals surface area contributed by atoms with Gasteiger partial charge < -0.3 is 19.1 Å². The molecule has 3 heterocycles. The van der Waals surface area contributed by atoms with Crippen LogP contribution in [0.3, 0.4) is 0 Å². The van der Waals surface area contributed by atoms with Crippen molar-refractivity contribution in [3.63, 3.8) is 0 Å². The van der Waals surface area contributed by atoms with Crippen LogP contribution in [-0.4, -0.2) is 95.1 Å². The highest BCUT2D eigenvalue weighted by Gasteiger charge is 2.28. The van der Waals surface area contributed by atoms with Crippen molar-refractivity contribution < 1.29 is 14.3 Å². The Kier molecular flexibility index (Phi) is 7.91. The zero-order chi connectivity index (χ0) is 20.8. The molecule has 2 saturated heterocycles. The van der Waals surface area contributed by atoms with Crippen molar-refractivity contribution in [2.24, 2.45) is 0 Å². The highest BCUT2D eigenvalue weighted by molar-refractivity contribution is 6.29. The highest BCUT2D eigenvalue weighted by Crippen LogP contribution is 2.20. The number of carbonyl (C=O) groups excluding carboxylic acids is 2. The number of piperazine rings is 1. The highest BCUT2D eigenvalue weighted by atomic mass is 35.5. The van der Waals surface area contributed by atoms with Crippen LogP contribution in [-0.2, 0) is 27.3 Å². The van der Waals surface area contributed by atoms with Crippen molar-refractivity contribution >= 4 is 23.5 Å². The third-order valence-corrected chi connectivity index (χ3v) is 6.22. The summed E-state index contributed by atoms with van der Waals surface area (Å²) in [5.41, 5.74) is 0. The molecule has 162 valence electrons. The van der Waals surface area contributed by atoms with E-state index < -0.39 is 0 Å². The number of piperidine rings is 1. The Morgan fingerprint density at radius 1 is 1.17 bits per heavy atom. The standard InChI is InChI=1S/C20H32ClN5O3/c1-3-29-20(28)15-26-17(21)14-22-18(26)4-5-19(27)25-8-6-16(7-9-25)24-12-10-23(2)11-13-24/h14,16H,3-13,15H2,1-2H3. The van der Waals surface area contributed by atoms with Crippen molar-refractivity contribution in [2.75, 3.05) is 52.9 Å². The lowest BCUT2D eigenvalue weighted by molar-refractivity contribution is -0.143. The number of aryl methyl sites for hydroxylation is 1.